The van der Waals surface area contributed by atoms with Gasteiger partial charge in [0.1, 0.15) is 0 Å². The molecule has 0 saturated carbocycles. The molecule has 84 valence electrons. The maximum atomic E-state index is 2.36. The van der Waals surface area contributed by atoms with E-state index in [1.54, 1.807) is 9.00 Å². The van der Waals surface area contributed by atoms with Gasteiger partial charge in [0.05, 0.1) is 17.6 Å². The Morgan fingerprint density at radius 1 is 0.688 bits per heavy atom. The fourth-order valence-electron chi connectivity index (χ4n) is 1.48. The van der Waals surface area contributed by atoms with Crippen LogP contribution in [0, 0.1) is 0 Å². The van der Waals surface area contributed by atoms with Gasteiger partial charge < -0.3 is 0 Å². The second-order valence-corrected chi connectivity index (χ2v) is 12.3. The van der Waals surface area contributed by atoms with Crippen LogP contribution >= 0.6 is 22.7 Å². The van der Waals surface area contributed by atoms with Gasteiger partial charge in [-0.3, -0.25) is 0 Å². The van der Waals surface area contributed by atoms with Crippen LogP contribution in [0.5, 0.6) is 0 Å². The van der Waals surface area contributed by atoms with Crippen molar-refractivity contribution in [1.29, 1.82) is 0 Å². The van der Waals surface area contributed by atoms with Gasteiger partial charge in [0.25, 0.3) is 0 Å². The summed E-state index contributed by atoms with van der Waals surface area (Å²) in [7, 11) is -0.556. The van der Waals surface area contributed by atoms with E-state index < -0.39 is 0 Å². The predicted octanol–water partition coefficient (Wildman–Crippen LogP) is 3.40. The summed E-state index contributed by atoms with van der Waals surface area (Å²) in [6, 6.07) is 9.23. The molecule has 2 aromatic heterocycles. The molecule has 0 aliphatic heterocycles. The molecule has 0 aromatic carbocycles. The molecule has 0 amide bonds. The third-order valence-corrected chi connectivity index (χ3v) is 9.80. The maximum absolute atomic E-state index is 2.36. The minimum Gasteiger partial charge on any atom is -0.144 e. The highest BCUT2D eigenvalue weighted by Gasteiger charge is 2.10. The van der Waals surface area contributed by atoms with Gasteiger partial charge in [-0.1, -0.05) is 38.3 Å². The van der Waals surface area contributed by atoms with Gasteiger partial charge in [0.2, 0.25) is 0 Å². The van der Waals surface area contributed by atoms with Gasteiger partial charge in [-0.05, 0) is 21.1 Å². The fourth-order valence-corrected chi connectivity index (χ4v) is 6.21. The van der Waals surface area contributed by atoms with Gasteiger partial charge in [-0.2, -0.15) is 0 Å². The van der Waals surface area contributed by atoms with Crippen molar-refractivity contribution >= 4 is 49.3 Å². The first-order valence-electron chi connectivity index (χ1n) is 5.39. The van der Waals surface area contributed by atoms with Crippen LogP contribution in [0.4, 0.5) is 0 Å². The zero-order valence-corrected chi connectivity index (χ0v) is 13.8. The van der Waals surface area contributed by atoms with E-state index in [-0.39, 0.29) is 17.6 Å². The lowest BCUT2D eigenvalue weighted by Gasteiger charge is -1.96. The van der Waals surface area contributed by atoms with Crippen LogP contribution in [0.2, 0.25) is 26.2 Å². The average molecular weight is 281 g/mol. The van der Waals surface area contributed by atoms with Crippen molar-refractivity contribution in [3.8, 4) is 9.75 Å². The highest BCUT2D eigenvalue weighted by atomic mass is 32.1. The molecule has 0 aliphatic carbocycles. The van der Waals surface area contributed by atoms with Crippen LogP contribution < -0.4 is 9.00 Å². The van der Waals surface area contributed by atoms with E-state index in [2.05, 4.69) is 50.5 Å². The van der Waals surface area contributed by atoms with E-state index in [1.165, 1.54) is 9.75 Å². The van der Waals surface area contributed by atoms with E-state index in [0.717, 1.165) is 0 Å². The molecule has 0 fully saturated rings. The third-order valence-electron chi connectivity index (χ3n) is 2.44. The lowest BCUT2D eigenvalue weighted by Crippen LogP contribution is -2.17. The molecular weight excluding hydrogens is 264 g/mol. The van der Waals surface area contributed by atoms with E-state index in [4.69, 9.17) is 0 Å². The first-order chi connectivity index (χ1) is 7.58. The molecule has 2 rings (SSSR count). The molecule has 0 bridgehead atoms. The molecule has 0 aliphatic rings. The van der Waals surface area contributed by atoms with Crippen molar-refractivity contribution in [2.24, 2.45) is 0 Å². The smallest absolute Gasteiger partial charge is 0.0927 e. The van der Waals surface area contributed by atoms with Gasteiger partial charge in [-0.25, -0.2) is 0 Å². The topological polar surface area (TPSA) is 0 Å². The Kier molecular flexibility index (Phi) is 3.84. The zero-order chi connectivity index (χ0) is 11.7. The van der Waals surface area contributed by atoms with Crippen molar-refractivity contribution in [2.75, 3.05) is 0 Å². The molecule has 0 saturated heterocycles. The van der Waals surface area contributed by atoms with Crippen LogP contribution in [0.15, 0.2) is 24.3 Å². The highest BCUT2D eigenvalue weighted by Crippen LogP contribution is 2.27. The number of hydrogen-bond acceptors (Lipinski definition) is 2. The second kappa shape index (κ2) is 5.00. The quantitative estimate of drug-likeness (QED) is 0.756. The number of hydrogen-bond donors (Lipinski definition) is 0. The molecule has 4 heteroatoms. The van der Waals surface area contributed by atoms with E-state index in [1.807, 2.05) is 22.7 Å². The van der Waals surface area contributed by atoms with E-state index in [9.17, 15) is 0 Å². The SMILES string of the molecule is C[Si](C)c1ccc(-c2ccc([Si](C)C)s2)s1. The van der Waals surface area contributed by atoms with Crippen molar-refractivity contribution in [3.63, 3.8) is 0 Å². The lowest BCUT2D eigenvalue weighted by atomic mass is 10.4. The van der Waals surface area contributed by atoms with Gasteiger partial charge >= 0.3 is 0 Å². The van der Waals surface area contributed by atoms with Crippen LogP contribution in [0.1, 0.15) is 0 Å². The standard InChI is InChI=1S/C12H16S2Si2/c1-15(2)11-7-5-9(13-11)10-6-8-12(14-10)16(3)4/h5-8H,1-4H3. The first-order valence-corrected chi connectivity index (χ1v) is 12.0. The van der Waals surface area contributed by atoms with Crippen LogP contribution in [0.3, 0.4) is 0 Å². The van der Waals surface area contributed by atoms with Crippen LogP contribution in [-0.4, -0.2) is 17.6 Å². The normalized spacial score (nSPS) is 11.6. The summed E-state index contributed by atoms with van der Waals surface area (Å²) in [6.07, 6.45) is 0. The summed E-state index contributed by atoms with van der Waals surface area (Å²) in [6.45, 7) is 9.44. The summed E-state index contributed by atoms with van der Waals surface area (Å²) >= 11 is 3.97. The van der Waals surface area contributed by atoms with Crippen LogP contribution in [0.25, 0.3) is 9.75 Å². The molecule has 0 atom stereocenters. The average Bonchev–Trinajstić information content (AvgIpc) is 2.86. The Balaban J connectivity index is 2.28. The van der Waals surface area contributed by atoms with Gasteiger partial charge in [0, 0.05) is 9.75 Å². The molecule has 2 radical (unpaired) electrons. The second-order valence-electron chi connectivity index (χ2n) is 4.33. The Morgan fingerprint density at radius 3 is 1.31 bits per heavy atom. The fraction of sp³-hybridized carbons (Fsp3) is 0.333. The Morgan fingerprint density at radius 2 is 1.06 bits per heavy atom. The first kappa shape index (κ1) is 12.3. The summed E-state index contributed by atoms with van der Waals surface area (Å²) in [4.78, 5) is 2.92. The Labute approximate surface area is 109 Å². The zero-order valence-electron chi connectivity index (χ0n) is 10.1. The monoisotopic (exact) mass is 280 g/mol. The number of thiophene rings is 2. The van der Waals surface area contributed by atoms with Crippen LogP contribution in [-0.2, 0) is 0 Å². The Bertz CT molecular complexity index is 425. The molecule has 0 nitrogen and oxygen atoms in total. The third kappa shape index (κ3) is 2.56. The van der Waals surface area contributed by atoms with Gasteiger partial charge in [-0.15, -0.1) is 22.7 Å². The molecule has 0 spiro atoms. The molecule has 16 heavy (non-hydrogen) atoms. The lowest BCUT2D eigenvalue weighted by molar-refractivity contribution is 1.93. The summed E-state index contributed by atoms with van der Waals surface area (Å²) in [5.74, 6) is 0. The predicted molar refractivity (Wildman–Crippen MR) is 81.9 cm³/mol. The largest absolute Gasteiger partial charge is 0.144 e. The minimum atomic E-state index is -0.278. The van der Waals surface area contributed by atoms with Gasteiger partial charge in [0.15, 0.2) is 0 Å². The van der Waals surface area contributed by atoms with Crippen molar-refractivity contribution < 1.29 is 0 Å². The maximum Gasteiger partial charge on any atom is 0.0927 e. The Hall–Kier alpha value is -0.166. The summed E-state index contributed by atoms with van der Waals surface area (Å²) < 4.78 is 3.18. The number of rotatable bonds is 3. The molecular formula is C12H16S2Si2. The molecule has 0 N–H and O–H groups in total. The minimum absolute atomic E-state index is 0.278. The highest BCUT2D eigenvalue weighted by molar-refractivity contribution is 7.31. The summed E-state index contributed by atoms with van der Waals surface area (Å²) in [5, 5.41) is 0. The van der Waals surface area contributed by atoms with E-state index >= 15 is 0 Å². The molecule has 2 aromatic rings. The summed E-state index contributed by atoms with van der Waals surface area (Å²) in [5.41, 5.74) is 0. The van der Waals surface area contributed by atoms with Crippen molar-refractivity contribution in [1.82, 2.24) is 0 Å². The van der Waals surface area contributed by atoms with Crippen molar-refractivity contribution in [3.05, 3.63) is 24.3 Å². The molecule has 2 heterocycles. The molecule has 0 unspecified atom stereocenters. The van der Waals surface area contributed by atoms with Crippen molar-refractivity contribution in [2.45, 2.75) is 26.2 Å². The van der Waals surface area contributed by atoms with E-state index in [0.29, 0.717) is 0 Å².